The van der Waals surface area contributed by atoms with E-state index in [0.29, 0.717) is 24.6 Å². The van der Waals surface area contributed by atoms with Crippen LogP contribution in [0.1, 0.15) is 20.3 Å². The molecule has 0 radical (unpaired) electrons. The first-order valence-electron chi connectivity index (χ1n) is 5.85. The van der Waals surface area contributed by atoms with Gasteiger partial charge in [0.05, 0.1) is 0 Å². The quantitative estimate of drug-likeness (QED) is 0.749. The highest BCUT2D eigenvalue weighted by atomic mass is 35.5. The number of ether oxygens (including phenoxy) is 1. The van der Waals surface area contributed by atoms with E-state index >= 15 is 0 Å². The summed E-state index contributed by atoms with van der Waals surface area (Å²) in [6.07, 6.45) is 0.517. The van der Waals surface area contributed by atoms with E-state index in [0.717, 1.165) is 5.75 Å². The number of hydrogen-bond acceptors (Lipinski definition) is 3. The van der Waals surface area contributed by atoms with Gasteiger partial charge in [-0.05, 0) is 37.6 Å². The van der Waals surface area contributed by atoms with Crippen molar-refractivity contribution in [2.45, 2.75) is 25.8 Å². The van der Waals surface area contributed by atoms with Gasteiger partial charge >= 0.3 is 5.97 Å². The number of benzene rings is 1. The van der Waals surface area contributed by atoms with Gasteiger partial charge in [0, 0.05) is 11.6 Å². The Morgan fingerprint density at radius 2 is 2.06 bits per heavy atom. The normalized spacial score (nSPS) is 13.9. The summed E-state index contributed by atoms with van der Waals surface area (Å²) >= 11 is 5.75. The number of rotatable bonds is 7. The highest BCUT2D eigenvalue weighted by Crippen LogP contribution is 2.15. The van der Waals surface area contributed by atoms with Crippen molar-refractivity contribution in [3.8, 4) is 5.75 Å². The molecule has 0 saturated heterocycles. The molecule has 5 heteroatoms. The summed E-state index contributed by atoms with van der Waals surface area (Å²) in [4.78, 5) is 11.0. The van der Waals surface area contributed by atoms with Gasteiger partial charge in [0.1, 0.15) is 17.9 Å². The second-order valence-corrected chi connectivity index (χ2v) is 4.66. The molecular weight excluding hydrogens is 254 g/mol. The van der Waals surface area contributed by atoms with Crippen molar-refractivity contribution in [3.63, 3.8) is 0 Å². The third kappa shape index (κ3) is 4.20. The Morgan fingerprint density at radius 1 is 1.44 bits per heavy atom. The van der Waals surface area contributed by atoms with Crippen LogP contribution in [0, 0.1) is 0 Å². The second-order valence-electron chi connectivity index (χ2n) is 4.22. The van der Waals surface area contributed by atoms with Crippen LogP contribution in [-0.4, -0.2) is 29.8 Å². The Kier molecular flexibility index (Phi) is 5.44. The lowest BCUT2D eigenvalue weighted by Gasteiger charge is -2.24. The van der Waals surface area contributed by atoms with E-state index in [1.165, 1.54) is 0 Å². The fourth-order valence-electron chi connectivity index (χ4n) is 1.38. The van der Waals surface area contributed by atoms with Gasteiger partial charge in [0.25, 0.3) is 0 Å². The van der Waals surface area contributed by atoms with Crippen LogP contribution in [0.15, 0.2) is 24.3 Å². The van der Waals surface area contributed by atoms with Gasteiger partial charge in [-0.15, -0.1) is 0 Å². The molecule has 1 aromatic carbocycles. The van der Waals surface area contributed by atoms with E-state index in [1.54, 1.807) is 31.2 Å². The van der Waals surface area contributed by atoms with Gasteiger partial charge in [-0.2, -0.15) is 0 Å². The maximum absolute atomic E-state index is 11.0. The van der Waals surface area contributed by atoms with Crippen LogP contribution in [-0.2, 0) is 4.79 Å². The van der Waals surface area contributed by atoms with Crippen LogP contribution < -0.4 is 10.1 Å². The number of halogens is 1. The average Bonchev–Trinajstić information content (AvgIpc) is 2.36. The van der Waals surface area contributed by atoms with Crippen LogP contribution in [0.2, 0.25) is 5.02 Å². The molecule has 18 heavy (non-hydrogen) atoms. The molecule has 0 saturated carbocycles. The first-order chi connectivity index (χ1) is 8.48. The van der Waals surface area contributed by atoms with Crippen molar-refractivity contribution >= 4 is 17.6 Å². The van der Waals surface area contributed by atoms with E-state index in [2.05, 4.69) is 5.32 Å². The fraction of sp³-hybridized carbons (Fsp3) is 0.462. The highest BCUT2D eigenvalue weighted by Gasteiger charge is 2.29. The van der Waals surface area contributed by atoms with Crippen LogP contribution in [0.5, 0.6) is 5.75 Å². The van der Waals surface area contributed by atoms with Crippen LogP contribution >= 0.6 is 11.6 Å². The molecule has 0 fully saturated rings. The predicted molar refractivity (Wildman–Crippen MR) is 71.3 cm³/mol. The molecule has 2 N–H and O–H groups in total. The molecular formula is C13H18ClNO3. The van der Waals surface area contributed by atoms with Gasteiger partial charge < -0.3 is 9.84 Å². The molecule has 0 amide bonds. The summed E-state index contributed by atoms with van der Waals surface area (Å²) < 4.78 is 5.47. The Bertz CT molecular complexity index is 394. The topological polar surface area (TPSA) is 58.6 Å². The molecule has 0 heterocycles. The summed E-state index contributed by atoms with van der Waals surface area (Å²) in [5.74, 6) is -0.133. The summed E-state index contributed by atoms with van der Waals surface area (Å²) in [7, 11) is 0. The number of nitrogens with one attached hydrogen (secondary N) is 1. The maximum Gasteiger partial charge on any atom is 0.323 e. The average molecular weight is 272 g/mol. The van der Waals surface area contributed by atoms with Crippen molar-refractivity contribution in [1.82, 2.24) is 5.32 Å². The SMILES string of the molecule is CCC(C)(NCCOc1ccc(Cl)cc1)C(=O)O. The number of carboxylic acids is 1. The van der Waals surface area contributed by atoms with Crippen molar-refractivity contribution in [2.75, 3.05) is 13.2 Å². The zero-order valence-electron chi connectivity index (χ0n) is 10.6. The molecule has 1 atom stereocenters. The first-order valence-corrected chi connectivity index (χ1v) is 6.22. The lowest BCUT2D eigenvalue weighted by atomic mass is 9.99. The van der Waals surface area contributed by atoms with Gasteiger partial charge in [0.2, 0.25) is 0 Å². The Hall–Kier alpha value is -1.26. The molecule has 0 aliphatic rings. The minimum absolute atomic E-state index is 0.407. The standard InChI is InChI=1S/C13H18ClNO3/c1-3-13(2,12(16)17)15-8-9-18-11-6-4-10(14)5-7-11/h4-7,15H,3,8-9H2,1-2H3,(H,16,17). The smallest absolute Gasteiger partial charge is 0.323 e. The second kappa shape index (κ2) is 6.61. The summed E-state index contributed by atoms with van der Waals surface area (Å²) in [6.45, 7) is 4.38. The van der Waals surface area contributed by atoms with Crippen molar-refractivity contribution in [3.05, 3.63) is 29.3 Å². The zero-order chi connectivity index (χ0) is 13.6. The van der Waals surface area contributed by atoms with Gasteiger partial charge in [-0.25, -0.2) is 0 Å². The largest absolute Gasteiger partial charge is 0.492 e. The molecule has 4 nitrogen and oxygen atoms in total. The molecule has 0 aliphatic carbocycles. The minimum atomic E-state index is -0.899. The van der Waals surface area contributed by atoms with Gasteiger partial charge in [-0.3, -0.25) is 10.1 Å². The molecule has 0 aromatic heterocycles. The van der Waals surface area contributed by atoms with Gasteiger partial charge in [-0.1, -0.05) is 18.5 Å². The van der Waals surface area contributed by atoms with Crippen LogP contribution in [0.25, 0.3) is 0 Å². The van der Waals surface area contributed by atoms with E-state index in [1.807, 2.05) is 6.92 Å². The third-order valence-corrected chi connectivity index (χ3v) is 3.13. The number of aliphatic carboxylic acids is 1. The maximum atomic E-state index is 11.0. The summed E-state index contributed by atoms with van der Waals surface area (Å²) in [5.41, 5.74) is -0.899. The number of hydrogen-bond donors (Lipinski definition) is 2. The van der Waals surface area contributed by atoms with E-state index in [9.17, 15) is 4.79 Å². The monoisotopic (exact) mass is 271 g/mol. The number of carbonyl (C=O) groups is 1. The summed E-state index contributed by atoms with van der Waals surface area (Å²) in [5, 5.41) is 12.7. The lowest BCUT2D eigenvalue weighted by molar-refractivity contribution is -0.144. The molecule has 0 bridgehead atoms. The number of carboxylic acid groups (broad SMARTS) is 1. The summed E-state index contributed by atoms with van der Waals surface area (Å²) in [6, 6.07) is 7.05. The molecule has 1 aromatic rings. The molecule has 100 valence electrons. The van der Waals surface area contributed by atoms with Crippen molar-refractivity contribution < 1.29 is 14.6 Å². The lowest BCUT2D eigenvalue weighted by Crippen LogP contribution is -2.50. The molecule has 0 aliphatic heterocycles. The Morgan fingerprint density at radius 3 is 2.56 bits per heavy atom. The molecule has 1 rings (SSSR count). The molecule has 1 unspecified atom stereocenters. The van der Waals surface area contributed by atoms with Crippen molar-refractivity contribution in [1.29, 1.82) is 0 Å². The van der Waals surface area contributed by atoms with Crippen molar-refractivity contribution in [2.24, 2.45) is 0 Å². The first kappa shape index (κ1) is 14.8. The van der Waals surface area contributed by atoms with Crippen LogP contribution in [0.4, 0.5) is 0 Å². The van der Waals surface area contributed by atoms with E-state index in [-0.39, 0.29) is 0 Å². The third-order valence-electron chi connectivity index (χ3n) is 2.88. The molecule has 0 spiro atoms. The van der Waals surface area contributed by atoms with Crippen LogP contribution in [0.3, 0.4) is 0 Å². The minimum Gasteiger partial charge on any atom is -0.492 e. The highest BCUT2D eigenvalue weighted by molar-refractivity contribution is 6.30. The predicted octanol–water partition coefficient (Wildman–Crippen LogP) is 2.56. The van der Waals surface area contributed by atoms with Gasteiger partial charge in [0.15, 0.2) is 0 Å². The fourth-order valence-corrected chi connectivity index (χ4v) is 1.50. The van der Waals surface area contributed by atoms with E-state index < -0.39 is 11.5 Å². The Balaban J connectivity index is 2.34. The zero-order valence-corrected chi connectivity index (χ0v) is 11.3. The Labute approximate surface area is 112 Å². The van der Waals surface area contributed by atoms with E-state index in [4.69, 9.17) is 21.4 Å².